The average Bonchev–Trinajstić information content (AvgIpc) is 2.84. The molecule has 2 aliphatic carbocycles. The SMILES string of the molecule is CCCCCC1(C2CC2)CC1. The van der Waals surface area contributed by atoms with E-state index < -0.39 is 0 Å². The first kappa shape index (κ1) is 7.64. The highest BCUT2D eigenvalue weighted by atomic mass is 14.6. The third-order valence-electron chi connectivity index (χ3n) is 3.61. The maximum atomic E-state index is 2.30. The maximum Gasteiger partial charge on any atom is -0.0269 e. The predicted octanol–water partition coefficient (Wildman–Crippen LogP) is 3.76. The first-order valence-corrected chi connectivity index (χ1v) is 5.37. The molecule has 0 aromatic carbocycles. The van der Waals surface area contributed by atoms with Crippen LogP contribution in [0.1, 0.15) is 58.3 Å². The van der Waals surface area contributed by atoms with Gasteiger partial charge < -0.3 is 0 Å². The summed E-state index contributed by atoms with van der Waals surface area (Å²) in [5.74, 6) is 1.18. The Morgan fingerprint density at radius 2 is 1.91 bits per heavy atom. The van der Waals surface area contributed by atoms with Crippen LogP contribution >= 0.6 is 0 Å². The van der Waals surface area contributed by atoms with Gasteiger partial charge in [0.25, 0.3) is 0 Å². The van der Waals surface area contributed by atoms with Crippen LogP contribution in [0.4, 0.5) is 0 Å². The Balaban J connectivity index is 1.68. The molecule has 0 amide bonds. The molecule has 2 rings (SSSR count). The van der Waals surface area contributed by atoms with Crippen LogP contribution < -0.4 is 0 Å². The molecule has 0 heteroatoms. The van der Waals surface area contributed by atoms with Gasteiger partial charge in [0.05, 0.1) is 0 Å². The van der Waals surface area contributed by atoms with Crippen molar-refractivity contribution in [3.63, 3.8) is 0 Å². The van der Waals surface area contributed by atoms with E-state index in [0.717, 1.165) is 5.41 Å². The molecular weight excluding hydrogens is 132 g/mol. The zero-order chi connectivity index (χ0) is 7.73. The highest BCUT2D eigenvalue weighted by Crippen LogP contribution is 2.63. The third-order valence-corrected chi connectivity index (χ3v) is 3.61. The molecule has 0 bridgehead atoms. The second kappa shape index (κ2) is 2.80. The fourth-order valence-electron chi connectivity index (χ4n) is 2.45. The molecule has 0 saturated heterocycles. The smallest absolute Gasteiger partial charge is 0.0269 e. The Morgan fingerprint density at radius 3 is 2.36 bits per heavy atom. The van der Waals surface area contributed by atoms with Gasteiger partial charge in [-0.05, 0) is 43.4 Å². The van der Waals surface area contributed by atoms with Crippen molar-refractivity contribution in [1.29, 1.82) is 0 Å². The van der Waals surface area contributed by atoms with Crippen LogP contribution in [-0.2, 0) is 0 Å². The maximum absolute atomic E-state index is 2.30. The molecule has 2 saturated carbocycles. The zero-order valence-electron chi connectivity index (χ0n) is 7.73. The van der Waals surface area contributed by atoms with Gasteiger partial charge in [0.1, 0.15) is 0 Å². The van der Waals surface area contributed by atoms with Crippen molar-refractivity contribution in [1.82, 2.24) is 0 Å². The van der Waals surface area contributed by atoms with E-state index >= 15 is 0 Å². The number of unbranched alkanes of at least 4 members (excludes halogenated alkanes) is 2. The molecule has 64 valence electrons. The molecule has 2 fully saturated rings. The molecule has 0 nitrogen and oxygen atoms in total. The van der Waals surface area contributed by atoms with E-state index in [1.165, 1.54) is 25.2 Å². The Labute approximate surface area is 70.4 Å². The Bertz CT molecular complexity index is 129. The van der Waals surface area contributed by atoms with E-state index in [4.69, 9.17) is 0 Å². The van der Waals surface area contributed by atoms with Crippen LogP contribution in [0.2, 0.25) is 0 Å². The van der Waals surface area contributed by atoms with E-state index in [1.54, 1.807) is 32.1 Å². The first-order valence-electron chi connectivity index (χ1n) is 5.37. The van der Waals surface area contributed by atoms with Crippen LogP contribution in [-0.4, -0.2) is 0 Å². The number of hydrogen-bond acceptors (Lipinski definition) is 0. The Morgan fingerprint density at radius 1 is 1.18 bits per heavy atom. The molecule has 0 radical (unpaired) electrons. The van der Waals surface area contributed by atoms with Gasteiger partial charge in [-0.25, -0.2) is 0 Å². The van der Waals surface area contributed by atoms with Gasteiger partial charge in [0.15, 0.2) is 0 Å². The van der Waals surface area contributed by atoms with Gasteiger partial charge in [-0.3, -0.25) is 0 Å². The van der Waals surface area contributed by atoms with Crippen LogP contribution in [0.5, 0.6) is 0 Å². The van der Waals surface area contributed by atoms with Crippen molar-refractivity contribution in [3.05, 3.63) is 0 Å². The molecule has 0 aromatic heterocycles. The predicted molar refractivity (Wildman–Crippen MR) is 48.5 cm³/mol. The van der Waals surface area contributed by atoms with E-state index in [9.17, 15) is 0 Å². The highest BCUT2D eigenvalue weighted by Gasteiger charge is 2.52. The average molecular weight is 152 g/mol. The van der Waals surface area contributed by atoms with Crippen LogP contribution in [0.3, 0.4) is 0 Å². The van der Waals surface area contributed by atoms with Gasteiger partial charge in [0, 0.05) is 0 Å². The highest BCUT2D eigenvalue weighted by molar-refractivity contribution is 5.03. The molecule has 0 N–H and O–H groups in total. The van der Waals surface area contributed by atoms with Crippen molar-refractivity contribution in [2.24, 2.45) is 11.3 Å². The fraction of sp³-hybridized carbons (Fsp3) is 1.00. The minimum absolute atomic E-state index is 0.912. The first-order chi connectivity index (χ1) is 5.37. The van der Waals surface area contributed by atoms with E-state index in [0.29, 0.717) is 0 Å². The molecule has 11 heavy (non-hydrogen) atoms. The molecule has 0 spiro atoms. The lowest BCUT2D eigenvalue weighted by Gasteiger charge is -2.12. The van der Waals surface area contributed by atoms with E-state index in [1.807, 2.05) is 0 Å². The summed E-state index contributed by atoms with van der Waals surface area (Å²) in [4.78, 5) is 0. The summed E-state index contributed by atoms with van der Waals surface area (Å²) in [6, 6.07) is 0. The van der Waals surface area contributed by atoms with E-state index in [-0.39, 0.29) is 0 Å². The quantitative estimate of drug-likeness (QED) is 0.526. The summed E-state index contributed by atoms with van der Waals surface area (Å²) in [7, 11) is 0. The Kier molecular flexibility index (Phi) is 1.95. The van der Waals surface area contributed by atoms with Gasteiger partial charge in [0.2, 0.25) is 0 Å². The minimum atomic E-state index is 0.912. The van der Waals surface area contributed by atoms with Crippen molar-refractivity contribution in [3.8, 4) is 0 Å². The molecular formula is C11H20. The molecule has 0 aliphatic heterocycles. The fourth-order valence-corrected chi connectivity index (χ4v) is 2.45. The normalized spacial score (nSPS) is 27.0. The van der Waals surface area contributed by atoms with Gasteiger partial charge in [-0.1, -0.05) is 26.2 Å². The lowest BCUT2D eigenvalue weighted by Crippen LogP contribution is -2.02. The summed E-state index contributed by atoms with van der Waals surface area (Å²) in [6.07, 6.45) is 12.2. The second-order valence-corrected chi connectivity index (χ2v) is 4.59. The van der Waals surface area contributed by atoms with Crippen molar-refractivity contribution in [2.45, 2.75) is 58.3 Å². The zero-order valence-corrected chi connectivity index (χ0v) is 7.73. The molecule has 2 aliphatic rings. The third kappa shape index (κ3) is 1.60. The molecule has 0 aromatic rings. The molecule has 0 unspecified atom stereocenters. The topological polar surface area (TPSA) is 0 Å². The van der Waals surface area contributed by atoms with Crippen LogP contribution in [0, 0.1) is 11.3 Å². The summed E-state index contributed by atoms with van der Waals surface area (Å²) in [5.41, 5.74) is 0.912. The van der Waals surface area contributed by atoms with Crippen molar-refractivity contribution < 1.29 is 0 Å². The lowest BCUT2D eigenvalue weighted by molar-refractivity contribution is 0.385. The van der Waals surface area contributed by atoms with Crippen molar-refractivity contribution in [2.75, 3.05) is 0 Å². The molecule has 0 atom stereocenters. The summed E-state index contributed by atoms with van der Waals surface area (Å²) < 4.78 is 0. The Hall–Kier alpha value is 0. The summed E-state index contributed by atoms with van der Waals surface area (Å²) >= 11 is 0. The monoisotopic (exact) mass is 152 g/mol. The van der Waals surface area contributed by atoms with Gasteiger partial charge in [-0.2, -0.15) is 0 Å². The summed E-state index contributed by atoms with van der Waals surface area (Å²) in [5, 5.41) is 0. The minimum Gasteiger partial charge on any atom is -0.0654 e. The van der Waals surface area contributed by atoms with Crippen molar-refractivity contribution >= 4 is 0 Å². The summed E-state index contributed by atoms with van der Waals surface area (Å²) in [6.45, 7) is 2.30. The van der Waals surface area contributed by atoms with Crippen LogP contribution in [0.15, 0.2) is 0 Å². The van der Waals surface area contributed by atoms with E-state index in [2.05, 4.69) is 6.92 Å². The number of rotatable bonds is 5. The standard InChI is InChI=1S/C11H20/c1-2-3-4-7-11(8-9-11)10-5-6-10/h10H,2-9H2,1H3. The largest absolute Gasteiger partial charge is 0.0654 e. The number of hydrogen-bond donors (Lipinski definition) is 0. The van der Waals surface area contributed by atoms with Gasteiger partial charge in [-0.15, -0.1) is 0 Å². The van der Waals surface area contributed by atoms with Crippen LogP contribution in [0.25, 0.3) is 0 Å². The second-order valence-electron chi connectivity index (χ2n) is 4.59. The van der Waals surface area contributed by atoms with Gasteiger partial charge >= 0.3 is 0 Å². The lowest BCUT2D eigenvalue weighted by atomic mass is 9.93. The molecule has 0 heterocycles.